The molecule has 1 aromatic carbocycles. The molecule has 2 aromatic rings. The average molecular weight is 432 g/mol. The van der Waals surface area contributed by atoms with Gasteiger partial charge in [-0.2, -0.15) is 18.2 Å². The normalized spacial score (nSPS) is 17.3. The topological polar surface area (TPSA) is 111 Å². The molecule has 0 radical (unpaired) electrons. The summed E-state index contributed by atoms with van der Waals surface area (Å²) in [5.41, 5.74) is 7.70. The average Bonchev–Trinajstić information content (AvgIpc) is 3.14. The zero-order chi connectivity index (χ0) is 21.3. The Hall–Kier alpha value is -2.86. The Morgan fingerprint density at radius 2 is 1.97 bits per heavy atom. The smallest absolute Gasteiger partial charge is 0.367 e. The van der Waals surface area contributed by atoms with Crippen molar-refractivity contribution in [2.75, 3.05) is 7.05 Å². The van der Waals surface area contributed by atoms with Gasteiger partial charge in [0.25, 0.3) is 5.91 Å². The molecule has 156 valence electrons. The zero-order valence-electron chi connectivity index (χ0n) is 15.1. The lowest BCUT2D eigenvalue weighted by Crippen LogP contribution is -2.44. The van der Waals surface area contributed by atoms with Crippen LogP contribution >= 0.6 is 11.6 Å². The SMILES string of the molecule is CN1NC(Cn2nc(-c3ccc(Cl)cc3)n(CCC(F)(F)F)c2=O)=NC1C(N)=O. The number of benzene rings is 1. The number of alkyl halides is 3. The van der Waals surface area contributed by atoms with E-state index in [2.05, 4.69) is 15.5 Å². The van der Waals surface area contributed by atoms with E-state index >= 15 is 0 Å². The maximum atomic E-state index is 12.7. The predicted octanol–water partition coefficient (Wildman–Crippen LogP) is 0.977. The van der Waals surface area contributed by atoms with E-state index in [1.807, 2.05) is 0 Å². The van der Waals surface area contributed by atoms with Gasteiger partial charge in [-0.15, -0.1) is 5.10 Å². The number of likely N-dealkylation sites (N-methyl/N-ethyl adjacent to an activating group) is 1. The van der Waals surface area contributed by atoms with Gasteiger partial charge in [-0.05, 0) is 24.3 Å². The number of nitrogens with one attached hydrogen (secondary N) is 1. The lowest BCUT2D eigenvalue weighted by atomic mass is 10.2. The third-order valence-corrected chi connectivity index (χ3v) is 4.40. The molecule has 3 N–H and O–H groups in total. The molecule has 3 rings (SSSR count). The quantitative estimate of drug-likeness (QED) is 0.708. The van der Waals surface area contributed by atoms with E-state index in [-0.39, 0.29) is 18.2 Å². The van der Waals surface area contributed by atoms with E-state index in [0.717, 1.165) is 9.25 Å². The van der Waals surface area contributed by atoms with Crippen LogP contribution in [0, 0.1) is 0 Å². The number of aromatic nitrogens is 3. The van der Waals surface area contributed by atoms with E-state index in [9.17, 15) is 22.8 Å². The molecule has 29 heavy (non-hydrogen) atoms. The first kappa shape index (κ1) is 20.9. The summed E-state index contributed by atoms with van der Waals surface area (Å²) >= 11 is 5.85. The molecule has 1 amide bonds. The summed E-state index contributed by atoms with van der Waals surface area (Å²) in [4.78, 5) is 28.1. The van der Waals surface area contributed by atoms with Crippen LogP contribution in [-0.2, 0) is 17.9 Å². The molecule has 0 spiro atoms. The van der Waals surface area contributed by atoms with Gasteiger partial charge in [0.15, 0.2) is 12.0 Å². The maximum Gasteiger partial charge on any atom is 0.390 e. The molecule has 1 unspecified atom stereocenters. The first-order valence-corrected chi connectivity index (χ1v) is 8.79. The van der Waals surface area contributed by atoms with Gasteiger partial charge in [-0.1, -0.05) is 11.6 Å². The minimum atomic E-state index is -4.44. The Kier molecular flexibility index (Phi) is 5.66. The van der Waals surface area contributed by atoms with Gasteiger partial charge in [-0.3, -0.25) is 9.36 Å². The number of rotatable bonds is 6. The molecule has 1 aliphatic heterocycles. The second-order valence-corrected chi connectivity index (χ2v) is 6.80. The number of halogens is 4. The molecule has 1 atom stereocenters. The molecular formula is C16H17ClF3N7O2. The van der Waals surface area contributed by atoms with Crippen LogP contribution in [0.2, 0.25) is 5.02 Å². The summed E-state index contributed by atoms with van der Waals surface area (Å²) in [7, 11) is 1.54. The van der Waals surface area contributed by atoms with Gasteiger partial charge in [-0.25, -0.2) is 14.5 Å². The van der Waals surface area contributed by atoms with E-state index in [1.165, 1.54) is 12.1 Å². The van der Waals surface area contributed by atoms with Crippen LogP contribution in [0.5, 0.6) is 0 Å². The molecule has 13 heteroatoms. The Labute approximate surface area is 167 Å². The molecule has 1 aliphatic rings. The highest BCUT2D eigenvalue weighted by atomic mass is 35.5. The molecule has 1 aromatic heterocycles. The monoisotopic (exact) mass is 431 g/mol. The highest BCUT2D eigenvalue weighted by Gasteiger charge is 2.30. The number of nitrogens with zero attached hydrogens (tertiary/aromatic N) is 5. The fraction of sp³-hybridized carbons (Fsp3) is 0.375. The number of primary amides is 1. The maximum absolute atomic E-state index is 12.7. The molecule has 0 saturated heterocycles. The van der Waals surface area contributed by atoms with Gasteiger partial charge in [0.05, 0.1) is 6.42 Å². The van der Waals surface area contributed by atoms with Gasteiger partial charge in [0, 0.05) is 24.2 Å². The van der Waals surface area contributed by atoms with Gasteiger partial charge in [0.2, 0.25) is 0 Å². The number of hydrogen-bond acceptors (Lipinski definition) is 6. The molecular weight excluding hydrogens is 415 g/mol. The van der Waals surface area contributed by atoms with Crippen LogP contribution in [-0.4, -0.2) is 50.5 Å². The van der Waals surface area contributed by atoms with Crippen LogP contribution in [0.4, 0.5) is 13.2 Å². The second-order valence-electron chi connectivity index (χ2n) is 6.36. The van der Waals surface area contributed by atoms with Crippen LogP contribution < -0.4 is 16.8 Å². The summed E-state index contributed by atoms with van der Waals surface area (Å²) < 4.78 is 40.1. The lowest BCUT2D eigenvalue weighted by Gasteiger charge is -2.14. The number of nitrogens with two attached hydrogens (primary N) is 1. The largest absolute Gasteiger partial charge is 0.390 e. The molecule has 9 nitrogen and oxygen atoms in total. The number of amidine groups is 1. The minimum Gasteiger partial charge on any atom is -0.367 e. The van der Waals surface area contributed by atoms with E-state index < -0.39 is 36.9 Å². The number of amides is 1. The standard InChI is InChI=1S/C16H17ClF3N7O2/c1-25-14(12(21)28)22-11(23-25)8-27-15(29)26(7-6-16(18,19)20)13(24-27)9-2-4-10(17)5-3-9/h2-5,14H,6-8H2,1H3,(H2,21,28)(H,22,23). The summed E-state index contributed by atoms with van der Waals surface area (Å²) in [6.07, 6.45) is -6.58. The van der Waals surface area contributed by atoms with Crippen LogP contribution in [0.1, 0.15) is 6.42 Å². The van der Waals surface area contributed by atoms with Crippen molar-refractivity contribution in [2.24, 2.45) is 10.7 Å². The Morgan fingerprint density at radius 1 is 1.31 bits per heavy atom. The van der Waals surface area contributed by atoms with Crippen LogP contribution in [0.3, 0.4) is 0 Å². The fourth-order valence-electron chi connectivity index (χ4n) is 2.80. The van der Waals surface area contributed by atoms with Crippen molar-refractivity contribution in [1.29, 1.82) is 0 Å². The second kappa shape index (κ2) is 7.87. The van der Waals surface area contributed by atoms with Gasteiger partial charge in [0.1, 0.15) is 12.4 Å². The zero-order valence-corrected chi connectivity index (χ0v) is 15.9. The summed E-state index contributed by atoms with van der Waals surface area (Å²) in [6.45, 7) is -0.767. The van der Waals surface area contributed by atoms with Crippen molar-refractivity contribution in [1.82, 2.24) is 24.8 Å². The van der Waals surface area contributed by atoms with E-state index in [1.54, 1.807) is 24.3 Å². The third kappa shape index (κ3) is 4.77. The van der Waals surface area contributed by atoms with Crippen molar-refractivity contribution in [3.05, 3.63) is 39.8 Å². The van der Waals surface area contributed by atoms with Crippen molar-refractivity contribution >= 4 is 23.3 Å². The Balaban J connectivity index is 1.96. The van der Waals surface area contributed by atoms with E-state index in [4.69, 9.17) is 17.3 Å². The summed E-state index contributed by atoms with van der Waals surface area (Å²) in [6, 6.07) is 6.20. The third-order valence-electron chi connectivity index (χ3n) is 4.15. The summed E-state index contributed by atoms with van der Waals surface area (Å²) in [5, 5.41) is 5.95. The number of hydrogen-bond donors (Lipinski definition) is 2. The van der Waals surface area contributed by atoms with Crippen molar-refractivity contribution in [3.8, 4) is 11.4 Å². The first-order chi connectivity index (χ1) is 13.5. The number of carbonyl (C=O) groups is 1. The predicted molar refractivity (Wildman–Crippen MR) is 98.9 cm³/mol. The van der Waals surface area contributed by atoms with E-state index in [0.29, 0.717) is 10.6 Å². The number of aliphatic imine (C=N–C) groups is 1. The molecule has 0 bridgehead atoms. The minimum absolute atomic E-state index is 0.0642. The Morgan fingerprint density at radius 3 is 2.52 bits per heavy atom. The van der Waals surface area contributed by atoms with Crippen molar-refractivity contribution < 1.29 is 18.0 Å². The molecule has 0 saturated carbocycles. The van der Waals surface area contributed by atoms with Crippen LogP contribution in [0.25, 0.3) is 11.4 Å². The van der Waals surface area contributed by atoms with Gasteiger partial charge >= 0.3 is 11.9 Å². The molecule has 0 fully saturated rings. The number of carbonyl (C=O) groups excluding carboxylic acids is 1. The van der Waals surface area contributed by atoms with Gasteiger partial charge < -0.3 is 11.2 Å². The first-order valence-electron chi connectivity index (χ1n) is 8.41. The summed E-state index contributed by atoms with van der Waals surface area (Å²) in [5.74, 6) is -0.407. The fourth-order valence-corrected chi connectivity index (χ4v) is 2.92. The highest BCUT2D eigenvalue weighted by Crippen LogP contribution is 2.23. The highest BCUT2D eigenvalue weighted by molar-refractivity contribution is 6.30. The lowest BCUT2D eigenvalue weighted by molar-refractivity contribution is -0.136. The van der Waals surface area contributed by atoms with Crippen LogP contribution in [0.15, 0.2) is 34.1 Å². The molecule has 2 heterocycles. The Bertz CT molecular complexity index is 997. The van der Waals surface area contributed by atoms with Crippen molar-refractivity contribution in [3.63, 3.8) is 0 Å². The molecule has 0 aliphatic carbocycles. The number of hydrazine groups is 1. The van der Waals surface area contributed by atoms with Crippen molar-refractivity contribution in [2.45, 2.75) is 31.9 Å².